The Morgan fingerprint density at radius 1 is 1.69 bits per heavy atom. The molecule has 0 spiro atoms. The summed E-state index contributed by atoms with van der Waals surface area (Å²) in [6.07, 6.45) is 0.593. The van der Waals surface area contributed by atoms with Crippen LogP contribution in [0.4, 0.5) is 0 Å². The average molecular weight is 181 g/mol. The first-order valence-corrected chi connectivity index (χ1v) is 4.01. The number of pyridine rings is 1. The normalized spacial score (nSPS) is 12.4. The third-order valence-corrected chi connectivity index (χ3v) is 1.51. The van der Waals surface area contributed by atoms with Gasteiger partial charge in [-0.25, -0.2) is 4.79 Å². The Morgan fingerprint density at radius 2 is 2.46 bits per heavy atom. The van der Waals surface area contributed by atoms with Gasteiger partial charge in [-0.3, -0.25) is 4.98 Å². The van der Waals surface area contributed by atoms with Crippen molar-refractivity contribution < 1.29 is 14.6 Å². The van der Waals surface area contributed by atoms with Gasteiger partial charge in [-0.1, -0.05) is 6.07 Å². The maximum Gasteiger partial charge on any atom is 0.339 e. The summed E-state index contributed by atoms with van der Waals surface area (Å²) in [6, 6.07) is 5.10. The van der Waals surface area contributed by atoms with E-state index in [1.54, 1.807) is 31.3 Å². The van der Waals surface area contributed by atoms with E-state index in [1.807, 2.05) is 0 Å². The van der Waals surface area contributed by atoms with Gasteiger partial charge in [0, 0.05) is 12.8 Å². The highest BCUT2D eigenvalue weighted by Gasteiger charge is 2.20. The number of aliphatic carboxylic acids is 1. The Balaban J connectivity index is 2.82. The Labute approximate surface area is 76.2 Å². The van der Waals surface area contributed by atoms with Crippen LogP contribution in [0.2, 0.25) is 0 Å². The average Bonchev–Trinajstić information content (AvgIpc) is 2.15. The molecule has 1 aromatic rings. The quantitative estimate of drug-likeness (QED) is 0.759. The fourth-order valence-electron chi connectivity index (χ4n) is 0.981. The largest absolute Gasteiger partial charge is 0.479 e. The molecule has 1 atom stereocenters. The van der Waals surface area contributed by atoms with Gasteiger partial charge in [-0.05, 0) is 19.1 Å². The van der Waals surface area contributed by atoms with Crippen molar-refractivity contribution in [3.05, 3.63) is 30.1 Å². The lowest BCUT2D eigenvalue weighted by atomic mass is 10.2. The maximum atomic E-state index is 10.7. The summed E-state index contributed by atoms with van der Waals surface area (Å²) in [4.78, 5) is 14.6. The molecule has 1 rings (SSSR count). The molecule has 1 unspecified atom stereocenters. The number of carbonyl (C=O) groups is 1. The third-order valence-electron chi connectivity index (χ3n) is 1.51. The first-order valence-electron chi connectivity index (χ1n) is 4.01. The summed E-state index contributed by atoms with van der Waals surface area (Å²) in [5.41, 5.74) is 0.428. The van der Waals surface area contributed by atoms with Crippen LogP contribution in [0.15, 0.2) is 24.4 Å². The van der Waals surface area contributed by atoms with E-state index >= 15 is 0 Å². The second-order valence-corrected chi connectivity index (χ2v) is 2.43. The van der Waals surface area contributed by atoms with Crippen LogP contribution < -0.4 is 0 Å². The first kappa shape index (κ1) is 9.67. The van der Waals surface area contributed by atoms with Crippen molar-refractivity contribution in [2.45, 2.75) is 13.0 Å². The lowest BCUT2D eigenvalue weighted by molar-refractivity contribution is -0.150. The van der Waals surface area contributed by atoms with Gasteiger partial charge in [0.15, 0.2) is 6.10 Å². The number of rotatable bonds is 4. The zero-order chi connectivity index (χ0) is 9.68. The Bertz CT molecular complexity index is 273. The Hall–Kier alpha value is -1.42. The molecule has 0 aliphatic heterocycles. The third kappa shape index (κ3) is 2.52. The summed E-state index contributed by atoms with van der Waals surface area (Å²) in [5, 5.41) is 8.79. The number of carboxylic acids is 1. The van der Waals surface area contributed by atoms with Crippen LogP contribution in [0, 0.1) is 0 Å². The Morgan fingerprint density at radius 3 is 2.92 bits per heavy atom. The number of hydrogen-bond donors (Lipinski definition) is 1. The van der Waals surface area contributed by atoms with Gasteiger partial charge < -0.3 is 9.84 Å². The zero-order valence-corrected chi connectivity index (χ0v) is 7.30. The molecule has 1 heterocycles. The molecule has 0 aliphatic rings. The van der Waals surface area contributed by atoms with Crippen LogP contribution in [0.1, 0.15) is 18.7 Å². The highest BCUT2D eigenvalue weighted by Crippen LogP contribution is 2.13. The van der Waals surface area contributed by atoms with Crippen molar-refractivity contribution in [3.63, 3.8) is 0 Å². The predicted molar refractivity (Wildman–Crippen MR) is 46.2 cm³/mol. The number of hydrogen-bond acceptors (Lipinski definition) is 3. The van der Waals surface area contributed by atoms with E-state index in [2.05, 4.69) is 4.98 Å². The van der Waals surface area contributed by atoms with Gasteiger partial charge in [-0.15, -0.1) is 0 Å². The molecule has 0 aliphatic carbocycles. The minimum atomic E-state index is -1.01. The molecule has 0 aromatic carbocycles. The molecule has 70 valence electrons. The summed E-state index contributed by atoms with van der Waals surface area (Å²) >= 11 is 0. The number of nitrogens with zero attached hydrogens (tertiary/aromatic N) is 1. The number of carboxylic acid groups (broad SMARTS) is 1. The second kappa shape index (κ2) is 4.57. The van der Waals surface area contributed by atoms with Gasteiger partial charge in [0.2, 0.25) is 0 Å². The highest BCUT2D eigenvalue weighted by atomic mass is 16.5. The molecular weight excluding hydrogens is 170 g/mol. The molecule has 0 amide bonds. The van der Waals surface area contributed by atoms with Crippen molar-refractivity contribution >= 4 is 5.97 Å². The van der Waals surface area contributed by atoms with Crippen molar-refractivity contribution in [1.29, 1.82) is 0 Å². The molecule has 0 radical (unpaired) electrons. The monoisotopic (exact) mass is 181 g/mol. The van der Waals surface area contributed by atoms with E-state index in [0.29, 0.717) is 12.3 Å². The lowest BCUT2D eigenvalue weighted by Gasteiger charge is -2.10. The smallest absolute Gasteiger partial charge is 0.339 e. The maximum absolute atomic E-state index is 10.7. The van der Waals surface area contributed by atoms with Gasteiger partial charge in [-0.2, -0.15) is 0 Å². The first-order chi connectivity index (χ1) is 6.25. The minimum Gasteiger partial charge on any atom is -0.479 e. The molecule has 1 aromatic heterocycles. The van der Waals surface area contributed by atoms with Gasteiger partial charge in [0.25, 0.3) is 0 Å². The standard InChI is InChI=1S/C9H11NO3/c1-2-13-8(9(11)12)7-5-3-4-6-10-7/h3-6,8H,2H2,1H3,(H,11,12). The summed E-state index contributed by atoms with van der Waals surface area (Å²) < 4.78 is 5.03. The predicted octanol–water partition coefficient (Wildman–Crippen LogP) is 1.24. The van der Waals surface area contributed by atoms with E-state index in [0.717, 1.165) is 0 Å². The van der Waals surface area contributed by atoms with Gasteiger partial charge in [0.05, 0.1) is 5.69 Å². The van der Waals surface area contributed by atoms with Gasteiger partial charge >= 0.3 is 5.97 Å². The molecule has 0 fully saturated rings. The topological polar surface area (TPSA) is 59.4 Å². The second-order valence-electron chi connectivity index (χ2n) is 2.43. The summed E-state index contributed by atoms with van der Waals surface area (Å²) in [6.45, 7) is 2.10. The van der Waals surface area contributed by atoms with Crippen LogP contribution in [0.5, 0.6) is 0 Å². The molecule has 0 bridgehead atoms. The number of ether oxygens (including phenoxy) is 1. The van der Waals surface area contributed by atoms with E-state index in [1.165, 1.54) is 0 Å². The van der Waals surface area contributed by atoms with Crippen LogP contribution in [0.25, 0.3) is 0 Å². The number of aromatic nitrogens is 1. The van der Waals surface area contributed by atoms with Crippen molar-refractivity contribution in [2.75, 3.05) is 6.61 Å². The Kier molecular flexibility index (Phi) is 3.40. The van der Waals surface area contributed by atoms with Crippen LogP contribution in [0.3, 0.4) is 0 Å². The van der Waals surface area contributed by atoms with Crippen molar-refractivity contribution in [1.82, 2.24) is 4.98 Å². The molecule has 4 heteroatoms. The van der Waals surface area contributed by atoms with Crippen molar-refractivity contribution in [2.24, 2.45) is 0 Å². The fourth-order valence-corrected chi connectivity index (χ4v) is 0.981. The molecule has 13 heavy (non-hydrogen) atoms. The van der Waals surface area contributed by atoms with Gasteiger partial charge in [0.1, 0.15) is 0 Å². The van der Waals surface area contributed by atoms with Crippen LogP contribution >= 0.6 is 0 Å². The van der Waals surface area contributed by atoms with Crippen LogP contribution in [-0.2, 0) is 9.53 Å². The molecule has 0 saturated carbocycles. The highest BCUT2D eigenvalue weighted by molar-refractivity contribution is 5.73. The van der Waals surface area contributed by atoms with E-state index in [4.69, 9.17) is 9.84 Å². The molecular formula is C9H11NO3. The van der Waals surface area contributed by atoms with Crippen molar-refractivity contribution in [3.8, 4) is 0 Å². The SMILES string of the molecule is CCOC(C(=O)O)c1ccccn1. The molecule has 0 saturated heterocycles. The van der Waals surface area contributed by atoms with E-state index < -0.39 is 12.1 Å². The molecule has 1 N–H and O–H groups in total. The lowest BCUT2D eigenvalue weighted by Crippen LogP contribution is -2.16. The molecule has 4 nitrogen and oxygen atoms in total. The summed E-state index contributed by atoms with van der Waals surface area (Å²) in [5.74, 6) is -1.01. The van der Waals surface area contributed by atoms with Crippen LogP contribution in [-0.4, -0.2) is 22.7 Å². The summed E-state index contributed by atoms with van der Waals surface area (Å²) in [7, 11) is 0. The van der Waals surface area contributed by atoms with E-state index in [-0.39, 0.29) is 0 Å². The zero-order valence-electron chi connectivity index (χ0n) is 7.30. The minimum absolute atomic E-state index is 0.355. The van der Waals surface area contributed by atoms with E-state index in [9.17, 15) is 4.79 Å². The fraction of sp³-hybridized carbons (Fsp3) is 0.333.